The minimum Gasteiger partial charge on any atom is -0.406 e. The number of hydrogen-bond acceptors (Lipinski definition) is 2. The van der Waals surface area contributed by atoms with E-state index in [1.807, 2.05) is 19.9 Å². The van der Waals surface area contributed by atoms with Crippen molar-refractivity contribution in [2.45, 2.75) is 39.5 Å². The maximum absolute atomic E-state index is 11.9. The van der Waals surface area contributed by atoms with Gasteiger partial charge in [0.25, 0.3) is 0 Å². The van der Waals surface area contributed by atoms with Gasteiger partial charge in [0, 0.05) is 6.42 Å². The number of nitrogens with zero attached hydrogens (tertiary/aromatic N) is 1. The van der Waals surface area contributed by atoms with Crippen LogP contribution in [-0.4, -0.2) is 6.36 Å². The summed E-state index contributed by atoms with van der Waals surface area (Å²) < 4.78 is 39.6. The van der Waals surface area contributed by atoms with Crippen LogP contribution in [0.2, 0.25) is 0 Å². The fourth-order valence-corrected chi connectivity index (χ4v) is 1.27. The third-order valence-corrected chi connectivity index (χ3v) is 2.06. The normalized spacial score (nSPS) is 11.8. The molecule has 0 spiro atoms. The second-order valence-corrected chi connectivity index (χ2v) is 3.38. The van der Waals surface area contributed by atoms with Crippen molar-refractivity contribution in [2.24, 2.45) is 0 Å². The average molecular weight is 259 g/mol. The van der Waals surface area contributed by atoms with Gasteiger partial charge in [0.1, 0.15) is 5.75 Å². The van der Waals surface area contributed by atoms with E-state index in [4.69, 9.17) is 5.26 Å². The fraction of sp³-hybridized carbons (Fsp3) is 0.462. The lowest BCUT2D eigenvalue weighted by molar-refractivity contribution is -0.274. The van der Waals surface area contributed by atoms with Gasteiger partial charge < -0.3 is 4.74 Å². The second kappa shape index (κ2) is 7.59. The number of rotatable bonds is 3. The third kappa shape index (κ3) is 6.14. The molecule has 2 nitrogen and oxygen atoms in total. The van der Waals surface area contributed by atoms with Crippen LogP contribution in [0.15, 0.2) is 24.3 Å². The SMILES string of the molecule is CC.CC(CC#N)c1cccc(OC(F)(F)F)c1. The first-order chi connectivity index (χ1) is 8.42. The zero-order valence-corrected chi connectivity index (χ0v) is 10.6. The Labute approximate surface area is 105 Å². The van der Waals surface area contributed by atoms with Crippen molar-refractivity contribution >= 4 is 0 Å². The summed E-state index contributed by atoms with van der Waals surface area (Å²) in [5, 5.41) is 8.49. The van der Waals surface area contributed by atoms with Crippen LogP contribution in [0, 0.1) is 11.3 Å². The highest BCUT2D eigenvalue weighted by Crippen LogP contribution is 2.27. The number of benzene rings is 1. The first-order valence-electron chi connectivity index (χ1n) is 5.65. The summed E-state index contributed by atoms with van der Waals surface area (Å²) >= 11 is 0. The van der Waals surface area contributed by atoms with E-state index in [9.17, 15) is 13.2 Å². The molecule has 0 saturated heterocycles. The van der Waals surface area contributed by atoms with Crippen LogP contribution in [0.3, 0.4) is 0 Å². The molecule has 18 heavy (non-hydrogen) atoms. The van der Waals surface area contributed by atoms with E-state index in [0.29, 0.717) is 5.56 Å². The molecule has 0 heterocycles. The smallest absolute Gasteiger partial charge is 0.406 e. The van der Waals surface area contributed by atoms with E-state index >= 15 is 0 Å². The Morgan fingerprint density at radius 2 is 1.94 bits per heavy atom. The maximum atomic E-state index is 11.9. The molecule has 1 aromatic rings. The quantitative estimate of drug-likeness (QED) is 0.792. The standard InChI is InChI=1S/C11H10F3NO.C2H6/c1-8(5-6-15)9-3-2-4-10(7-9)16-11(12,13)14;1-2/h2-4,7-8H,5H2,1H3;1-2H3. The summed E-state index contributed by atoms with van der Waals surface area (Å²) in [6, 6.07) is 7.65. The molecule has 1 atom stereocenters. The molecule has 0 aliphatic rings. The van der Waals surface area contributed by atoms with Crippen molar-refractivity contribution < 1.29 is 17.9 Å². The van der Waals surface area contributed by atoms with Crippen molar-refractivity contribution in [1.29, 1.82) is 5.26 Å². The molecule has 0 saturated carbocycles. The largest absolute Gasteiger partial charge is 0.573 e. The van der Waals surface area contributed by atoms with E-state index in [2.05, 4.69) is 4.74 Å². The lowest BCUT2D eigenvalue weighted by Crippen LogP contribution is -2.17. The van der Waals surface area contributed by atoms with Crippen LogP contribution in [0.4, 0.5) is 13.2 Å². The number of ether oxygens (including phenoxy) is 1. The van der Waals surface area contributed by atoms with Crippen molar-refractivity contribution in [1.82, 2.24) is 0 Å². The van der Waals surface area contributed by atoms with E-state index < -0.39 is 6.36 Å². The molecule has 100 valence electrons. The minimum absolute atomic E-state index is 0.109. The molecule has 0 radical (unpaired) electrons. The molecular weight excluding hydrogens is 243 g/mol. The number of nitriles is 1. The zero-order chi connectivity index (χ0) is 14.2. The first-order valence-corrected chi connectivity index (χ1v) is 5.65. The maximum Gasteiger partial charge on any atom is 0.573 e. The molecule has 5 heteroatoms. The topological polar surface area (TPSA) is 33.0 Å². The Morgan fingerprint density at radius 3 is 2.44 bits per heavy atom. The summed E-state index contributed by atoms with van der Waals surface area (Å²) in [7, 11) is 0. The summed E-state index contributed by atoms with van der Waals surface area (Å²) in [4.78, 5) is 0. The average Bonchev–Trinajstić information content (AvgIpc) is 2.30. The number of halogens is 3. The summed E-state index contributed by atoms with van der Waals surface area (Å²) in [6.45, 7) is 5.77. The zero-order valence-electron chi connectivity index (χ0n) is 10.6. The van der Waals surface area contributed by atoms with E-state index in [1.165, 1.54) is 18.2 Å². The predicted octanol–water partition coefficient (Wildman–Crippen LogP) is 4.63. The van der Waals surface area contributed by atoms with E-state index in [0.717, 1.165) is 0 Å². The molecule has 0 fully saturated rings. The second-order valence-electron chi connectivity index (χ2n) is 3.38. The monoisotopic (exact) mass is 259 g/mol. The van der Waals surface area contributed by atoms with Gasteiger partial charge in [-0.25, -0.2) is 0 Å². The minimum atomic E-state index is -4.68. The number of hydrogen-bond donors (Lipinski definition) is 0. The highest BCUT2D eigenvalue weighted by Gasteiger charge is 2.31. The lowest BCUT2D eigenvalue weighted by Gasteiger charge is -2.12. The van der Waals surface area contributed by atoms with Gasteiger partial charge in [-0.05, 0) is 23.6 Å². The van der Waals surface area contributed by atoms with Gasteiger partial charge in [0.15, 0.2) is 0 Å². The highest BCUT2D eigenvalue weighted by atomic mass is 19.4. The van der Waals surface area contributed by atoms with E-state index in [1.54, 1.807) is 13.0 Å². The van der Waals surface area contributed by atoms with Gasteiger partial charge in [-0.3, -0.25) is 0 Å². The molecule has 1 rings (SSSR count). The summed E-state index contributed by atoms with van der Waals surface area (Å²) in [5.41, 5.74) is 0.656. The van der Waals surface area contributed by atoms with Crippen molar-refractivity contribution in [2.75, 3.05) is 0 Å². The Kier molecular flexibility index (Phi) is 6.88. The molecule has 0 aliphatic heterocycles. The van der Waals surface area contributed by atoms with Crippen LogP contribution in [0.5, 0.6) is 5.75 Å². The third-order valence-electron chi connectivity index (χ3n) is 2.06. The molecule has 1 aromatic carbocycles. The van der Waals surface area contributed by atoms with Crippen LogP contribution in [-0.2, 0) is 0 Å². The highest BCUT2D eigenvalue weighted by molar-refractivity contribution is 5.31. The van der Waals surface area contributed by atoms with Crippen LogP contribution in [0.25, 0.3) is 0 Å². The van der Waals surface area contributed by atoms with Gasteiger partial charge in [-0.2, -0.15) is 5.26 Å². The molecule has 0 amide bonds. The number of alkyl halides is 3. The van der Waals surface area contributed by atoms with Crippen molar-refractivity contribution in [3.05, 3.63) is 29.8 Å². The van der Waals surface area contributed by atoms with Crippen molar-refractivity contribution in [3.63, 3.8) is 0 Å². The van der Waals surface area contributed by atoms with Gasteiger partial charge in [-0.1, -0.05) is 32.9 Å². The van der Waals surface area contributed by atoms with Crippen LogP contribution in [0.1, 0.15) is 38.7 Å². The molecule has 1 unspecified atom stereocenters. The summed E-state index contributed by atoms with van der Waals surface area (Å²) in [6.07, 6.45) is -4.42. The molecular formula is C13H16F3NO. The Hall–Kier alpha value is -1.70. The van der Waals surface area contributed by atoms with Gasteiger partial charge in [0.2, 0.25) is 0 Å². The Balaban J connectivity index is 0.00000137. The predicted molar refractivity (Wildman–Crippen MR) is 63.1 cm³/mol. The molecule has 0 bridgehead atoms. The first kappa shape index (κ1) is 16.3. The van der Waals surface area contributed by atoms with Crippen molar-refractivity contribution in [3.8, 4) is 11.8 Å². The summed E-state index contributed by atoms with van der Waals surface area (Å²) in [5.74, 6) is -0.364. The Morgan fingerprint density at radius 1 is 1.33 bits per heavy atom. The molecule has 0 N–H and O–H groups in total. The lowest BCUT2D eigenvalue weighted by atomic mass is 9.98. The molecule has 0 aliphatic carbocycles. The van der Waals surface area contributed by atoms with E-state index in [-0.39, 0.29) is 18.1 Å². The van der Waals surface area contributed by atoms with Crippen LogP contribution >= 0.6 is 0 Å². The molecule has 0 aromatic heterocycles. The van der Waals surface area contributed by atoms with Crippen LogP contribution < -0.4 is 4.74 Å². The fourth-order valence-electron chi connectivity index (χ4n) is 1.27. The van der Waals surface area contributed by atoms with Gasteiger partial charge in [0.05, 0.1) is 6.07 Å². The van der Waals surface area contributed by atoms with Gasteiger partial charge in [-0.15, -0.1) is 13.2 Å². The Bertz CT molecular complexity index is 396. The van der Waals surface area contributed by atoms with Gasteiger partial charge >= 0.3 is 6.36 Å².